The van der Waals surface area contributed by atoms with Crippen LogP contribution in [0.15, 0.2) is 18.2 Å². The van der Waals surface area contributed by atoms with E-state index in [4.69, 9.17) is 5.73 Å². The third kappa shape index (κ3) is 4.93. The minimum atomic E-state index is -4.49. The molecule has 21 heavy (non-hydrogen) atoms. The average molecular weight is 303 g/mol. The SMILES string of the molecule is CN(C)CCCN(C)C(=O)c1cc(C(F)(F)F)ccc1N. The van der Waals surface area contributed by atoms with Gasteiger partial charge < -0.3 is 15.5 Å². The van der Waals surface area contributed by atoms with E-state index in [9.17, 15) is 18.0 Å². The molecule has 7 heteroatoms. The van der Waals surface area contributed by atoms with Crippen molar-refractivity contribution in [1.82, 2.24) is 9.80 Å². The van der Waals surface area contributed by atoms with Crippen molar-refractivity contribution in [3.63, 3.8) is 0 Å². The van der Waals surface area contributed by atoms with Crippen LogP contribution >= 0.6 is 0 Å². The maximum absolute atomic E-state index is 12.7. The van der Waals surface area contributed by atoms with Crippen LogP contribution in [0.25, 0.3) is 0 Å². The number of hydrogen-bond acceptors (Lipinski definition) is 3. The number of carbonyl (C=O) groups excluding carboxylic acids is 1. The fourth-order valence-corrected chi connectivity index (χ4v) is 1.85. The summed E-state index contributed by atoms with van der Waals surface area (Å²) in [7, 11) is 5.37. The molecule has 2 N–H and O–H groups in total. The van der Waals surface area contributed by atoms with E-state index < -0.39 is 17.6 Å². The maximum Gasteiger partial charge on any atom is 0.416 e. The van der Waals surface area contributed by atoms with Gasteiger partial charge in [-0.25, -0.2) is 0 Å². The van der Waals surface area contributed by atoms with Crippen molar-refractivity contribution in [3.8, 4) is 0 Å². The highest BCUT2D eigenvalue weighted by Crippen LogP contribution is 2.31. The smallest absolute Gasteiger partial charge is 0.398 e. The summed E-state index contributed by atoms with van der Waals surface area (Å²) in [5, 5.41) is 0. The number of amides is 1. The Morgan fingerprint density at radius 2 is 1.81 bits per heavy atom. The van der Waals surface area contributed by atoms with E-state index in [-0.39, 0.29) is 11.3 Å². The Morgan fingerprint density at radius 3 is 2.33 bits per heavy atom. The monoisotopic (exact) mass is 303 g/mol. The molecule has 0 bridgehead atoms. The second-order valence-corrected chi connectivity index (χ2v) is 5.18. The molecule has 118 valence electrons. The molecule has 0 aliphatic rings. The summed E-state index contributed by atoms with van der Waals surface area (Å²) >= 11 is 0. The Hall–Kier alpha value is -1.76. The topological polar surface area (TPSA) is 49.6 Å². The quantitative estimate of drug-likeness (QED) is 0.849. The van der Waals surface area contributed by atoms with E-state index in [1.54, 1.807) is 7.05 Å². The third-order valence-electron chi connectivity index (χ3n) is 3.06. The van der Waals surface area contributed by atoms with Crippen LogP contribution in [0.2, 0.25) is 0 Å². The van der Waals surface area contributed by atoms with Crippen molar-refractivity contribution in [2.24, 2.45) is 0 Å². The van der Waals surface area contributed by atoms with Gasteiger partial charge in [-0.3, -0.25) is 4.79 Å². The largest absolute Gasteiger partial charge is 0.416 e. The lowest BCUT2D eigenvalue weighted by Crippen LogP contribution is -2.30. The van der Waals surface area contributed by atoms with Crippen molar-refractivity contribution < 1.29 is 18.0 Å². The molecule has 1 amide bonds. The Morgan fingerprint density at radius 1 is 1.19 bits per heavy atom. The molecule has 0 fully saturated rings. The number of halogens is 3. The molecule has 0 unspecified atom stereocenters. The second kappa shape index (κ2) is 6.80. The van der Waals surface area contributed by atoms with E-state index in [0.717, 1.165) is 31.2 Å². The van der Waals surface area contributed by atoms with Crippen LogP contribution in [-0.4, -0.2) is 49.9 Å². The lowest BCUT2D eigenvalue weighted by Gasteiger charge is -2.20. The van der Waals surface area contributed by atoms with Gasteiger partial charge in [0.1, 0.15) is 0 Å². The van der Waals surface area contributed by atoms with Crippen molar-refractivity contribution in [1.29, 1.82) is 0 Å². The van der Waals surface area contributed by atoms with Crippen LogP contribution in [0.4, 0.5) is 18.9 Å². The van der Waals surface area contributed by atoms with Gasteiger partial charge in [-0.2, -0.15) is 13.2 Å². The molecule has 1 aromatic carbocycles. The van der Waals surface area contributed by atoms with Gasteiger partial charge >= 0.3 is 6.18 Å². The van der Waals surface area contributed by atoms with Gasteiger partial charge in [0.2, 0.25) is 0 Å². The minimum absolute atomic E-state index is 0.0486. The maximum atomic E-state index is 12.7. The molecule has 0 aliphatic carbocycles. The molecule has 1 aromatic rings. The summed E-state index contributed by atoms with van der Waals surface area (Å²) in [6.07, 6.45) is -3.76. The van der Waals surface area contributed by atoms with Crippen molar-refractivity contribution in [3.05, 3.63) is 29.3 Å². The van der Waals surface area contributed by atoms with Gasteiger partial charge in [0.15, 0.2) is 0 Å². The molecule has 0 spiro atoms. The summed E-state index contributed by atoms with van der Waals surface area (Å²) in [5.74, 6) is -0.502. The highest BCUT2D eigenvalue weighted by molar-refractivity contribution is 5.99. The van der Waals surface area contributed by atoms with Gasteiger partial charge in [-0.1, -0.05) is 0 Å². The van der Waals surface area contributed by atoms with Crippen molar-refractivity contribution in [2.45, 2.75) is 12.6 Å². The molecule has 1 rings (SSSR count). The number of hydrogen-bond donors (Lipinski definition) is 1. The van der Waals surface area contributed by atoms with E-state index in [1.165, 1.54) is 4.90 Å². The number of nitrogens with two attached hydrogens (primary N) is 1. The van der Waals surface area contributed by atoms with Crippen LogP contribution in [-0.2, 0) is 6.18 Å². The Bertz CT molecular complexity index is 501. The lowest BCUT2D eigenvalue weighted by molar-refractivity contribution is -0.137. The third-order valence-corrected chi connectivity index (χ3v) is 3.06. The van der Waals surface area contributed by atoms with Crippen LogP contribution in [0.1, 0.15) is 22.3 Å². The summed E-state index contributed by atoms with van der Waals surface area (Å²) in [4.78, 5) is 15.5. The summed E-state index contributed by atoms with van der Waals surface area (Å²) < 4.78 is 38.1. The highest BCUT2D eigenvalue weighted by atomic mass is 19.4. The Kier molecular flexibility index (Phi) is 5.60. The average Bonchev–Trinajstić information content (AvgIpc) is 2.36. The molecule has 4 nitrogen and oxygen atoms in total. The molecular formula is C14H20F3N3O. The lowest BCUT2D eigenvalue weighted by atomic mass is 10.1. The Labute approximate surface area is 122 Å². The zero-order chi connectivity index (χ0) is 16.2. The van der Waals surface area contributed by atoms with Gasteiger partial charge in [0.25, 0.3) is 5.91 Å². The summed E-state index contributed by atoms with van der Waals surface area (Å²) in [5.41, 5.74) is 4.69. The van der Waals surface area contributed by atoms with Crippen LogP contribution in [0.3, 0.4) is 0 Å². The first-order valence-corrected chi connectivity index (χ1v) is 6.50. The minimum Gasteiger partial charge on any atom is -0.398 e. The zero-order valence-electron chi connectivity index (χ0n) is 12.4. The predicted molar refractivity (Wildman–Crippen MR) is 76.0 cm³/mol. The first kappa shape index (κ1) is 17.3. The van der Waals surface area contributed by atoms with Crippen LogP contribution in [0.5, 0.6) is 0 Å². The molecule has 0 atom stereocenters. The Balaban J connectivity index is 2.86. The number of rotatable bonds is 5. The fraction of sp³-hybridized carbons (Fsp3) is 0.500. The van der Waals surface area contributed by atoms with E-state index >= 15 is 0 Å². The molecule has 0 saturated heterocycles. The molecule has 0 heterocycles. The number of anilines is 1. The number of nitrogen functional groups attached to an aromatic ring is 1. The number of nitrogens with zero attached hydrogens (tertiary/aromatic N) is 2. The van der Waals surface area contributed by atoms with Gasteiger partial charge in [0, 0.05) is 19.3 Å². The first-order chi connectivity index (χ1) is 9.62. The van der Waals surface area contributed by atoms with Crippen LogP contribution in [0, 0.1) is 0 Å². The first-order valence-electron chi connectivity index (χ1n) is 6.50. The second-order valence-electron chi connectivity index (χ2n) is 5.18. The molecule has 0 aromatic heterocycles. The van der Waals surface area contributed by atoms with E-state index in [0.29, 0.717) is 6.54 Å². The van der Waals surface area contributed by atoms with E-state index in [1.807, 2.05) is 19.0 Å². The predicted octanol–water partition coefficient (Wildman–Crippen LogP) is 2.31. The van der Waals surface area contributed by atoms with Crippen molar-refractivity contribution in [2.75, 3.05) is 40.0 Å². The highest BCUT2D eigenvalue weighted by Gasteiger charge is 2.31. The number of carbonyl (C=O) groups is 1. The number of benzene rings is 1. The standard InChI is InChI=1S/C14H20F3N3O/c1-19(2)7-4-8-20(3)13(21)11-9-10(14(15,16)17)5-6-12(11)18/h5-6,9H,4,7-8,18H2,1-3H3. The van der Waals surface area contributed by atoms with Gasteiger partial charge in [-0.05, 0) is 45.3 Å². The molecular weight excluding hydrogens is 283 g/mol. The zero-order valence-corrected chi connectivity index (χ0v) is 12.4. The van der Waals surface area contributed by atoms with Gasteiger partial charge in [0.05, 0.1) is 11.1 Å². The summed E-state index contributed by atoms with van der Waals surface area (Å²) in [6, 6.07) is 2.79. The fourth-order valence-electron chi connectivity index (χ4n) is 1.85. The van der Waals surface area contributed by atoms with Crippen molar-refractivity contribution >= 4 is 11.6 Å². The summed E-state index contributed by atoms with van der Waals surface area (Å²) in [6.45, 7) is 1.24. The molecule has 0 radical (unpaired) electrons. The molecule has 0 saturated carbocycles. The molecule has 0 aliphatic heterocycles. The normalized spacial score (nSPS) is 11.8. The van der Waals surface area contributed by atoms with E-state index in [2.05, 4.69) is 0 Å². The number of alkyl halides is 3. The van der Waals surface area contributed by atoms with Gasteiger partial charge in [-0.15, -0.1) is 0 Å². The van der Waals surface area contributed by atoms with Crippen LogP contribution < -0.4 is 5.73 Å².